The van der Waals surface area contributed by atoms with E-state index >= 15 is 0 Å². The number of aromatic nitrogens is 2. The number of nitrogens with two attached hydrogens (primary N) is 1. The van der Waals surface area contributed by atoms with E-state index in [4.69, 9.17) is 15.0 Å². The summed E-state index contributed by atoms with van der Waals surface area (Å²) in [6, 6.07) is 0.307. The SMILES string of the molecule is CCN(Cc1nc(C(C)(C)N)no1)C(C)COC. The highest BCUT2D eigenvalue weighted by atomic mass is 16.5. The molecule has 0 saturated heterocycles. The second-order valence-electron chi connectivity index (χ2n) is 5.10. The van der Waals surface area contributed by atoms with Crippen molar-refractivity contribution in [3.05, 3.63) is 11.7 Å². The maximum absolute atomic E-state index is 5.92. The van der Waals surface area contributed by atoms with Gasteiger partial charge < -0.3 is 15.0 Å². The second kappa shape index (κ2) is 6.26. The molecule has 0 spiro atoms. The molecular formula is C12H24N4O2. The number of nitrogens with zero attached hydrogens (tertiary/aromatic N) is 3. The van der Waals surface area contributed by atoms with Gasteiger partial charge in [0.25, 0.3) is 0 Å². The zero-order valence-corrected chi connectivity index (χ0v) is 11.9. The summed E-state index contributed by atoms with van der Waals surface area (Å²) in [7, 11) is 1.70. The normalized spacial score (nSPS) is 14.2. The average Bonchev–Trinajstić information content (AvgIpc) is 2.74. The predicted octanol–water partition coefficient (Wildman–Crippen LogP) is 1.12. The summed E-state index contributed by atoms with van der Waals surface area (Å²) in [6.45, 7) is 10.1. The Labute approximate surface area is 108 Å². The Morgan fingerprint density at radius 2 is 2.17 bits per heavy atom. The smallest absolute Gasteiger partial charge is 0.240 e. The Balaban J connectivity index is 2.68. The summed E-state index contributed by atoms with van der Waals surface area (Å²) in [4.78, 5) is 6.54. The molecule has 1 aromatic heterocycles. The minimum atomic E-state index is -0.572. The van der Waals surface area contributed by atoms with Crippen LogP contribution in [-0.2, 0) is 16.8 Å². The van der Waals surface area contributed by atoms with E-state index in [1.165, 1.54) is 0 Å². The van der Waals surface area contributed by atoms with Crippen molar-refractivity contribution in [2.45, 2.75) is 45.8 Å². The van der Waals surface area contributed by atoms with Crippen LogP contribution in [0.25, 0.3) is 0 Å². The first-order valence-electron chi connectivity index (χ1n) is 6.23. The summed E-state index contributed by atoms with van der Waals surface area (Å²) in [5, 5.41) is 3.91. The van der Waals surface area contributed by atoms with Gasteiger partial charge in [0.1, 0.15) is 0 Å². The summed E-state index contributed by atoms with van der Waals surface area (Å²) < 4.78 is 10.4. The Kier molecular flexibility index (Phi) is 5.25. The van der Waals surface area contributed by atoms with Gasteiger partial charge in [0.15, 0.2) is 5.82 Å². The van der Waals surface area contributed by atoms with Crippen LogP contribution in [0.3, 0.4) is 0 Å². The van der Waals surface area contributed by atoms with Crippen molar-refractivity contribution in [2.24, 2.45) is 5.73 Å². The van der Waals surface area contributed by atoms with E-state index in [1.807, 2.05) is 13.8 Å². The van der Waals surface area contributed by atoms with Gasteiger partial charge in [0.05, 0.1) is 18.7 Å². The highest BCUT2D eigenvalue weighted by Gasteiger charge is 2.23. The number of methoxy groups -OCH3 is 1. The number of likely N-dealkylation sites (N-methyl/N-ethyl adjacent to an activating group) is 1. The van der Waals surface area contributed by atoms with Crippen molar-refractivity contribution in [1.29, 1.82) is 0 Å². The Morgan fingerprint density at radius 1 is 1.50 bits per heavy atom. The van der Waals surface area contributed by atoms with Gasteiger partial charge in [0.2, 0.25) is 5.89 Å². The molecule has 6 nitrogen and oxygen atoms in total. The molecular weight excluding hydrogens is 232 g/mol. The highest BCUT2D eigenvalue weighted by Crippen LogP contribution is 2.14. The van der Waals surface area contributed by atoms with Crippen LogP contribution in [0.2, 0.25) is 0 Å². The molecule has 0 bridgehead atoms. The van der Waals surface area contributed by atoms with Gasteiger partial charge in [-0.15, -0.1) is 0 Å². The van der Waals surface area contributed by atoms with Crippen molar-refractivity contribution in [2.75, 3.05) is 20.3 Å². The second-order valence-corrected chi connectivity index (χ2v) is 5.10. The minimum Gasteiger partial charge on any atom is -0.383 e. The third-order valence-corrected chi connectivity index (χ3v) is 2.82. The molecule has 0 radical (unpaired) electrons. The van der Waals surface area contributed by atoms with Gasteiger partial charge in [-0.1, -0.05) is 12.1 Å². The van der Waals surface area contributed by atoms with E-state index in [9.17, 15) is 0 Å². The molecule has 1 aromatic rings. The van der Waals surface area contributed by atoms with Crippen LogP contribution in [0.4, 0.5) is 0 Å². The first-order valence-corrected chi connectivity index (χ1v) is 6.23. The van der Waals surface area contributed by atoms with Gasteiger partial charge in [0, 0.05) is 13.2 Å². The fraction of sp³-hybridized carbons (Fsp3) is 0.833. The molecule has 0 saturated carbocycles. The van der Waals surface area contributed by atoms with Crippen LogP contribution in [0.5, 0.6) is 0 Å². The molecule has 2 N–H and O–H groups in total. The third kappa shape index (κ3) is 4.04. The van der Waals surface area contributed by atoms with E-state index in [0.717, 1.165) is 6.54 Å². The molecule has 18 heavy (non-hydrogen) atoms. The van der Waals surface area contributed by atoms with Gasteiger partial charge in [-0.3, -0.25) is 4.90 Å². The van der Waals surface area contributed by atoms with Crippen LogP contribution in [0.15, 0.2) is 4.52 Å². The van der Waals surface area contributed by atoms with E-state index in [2.05, 4.69) is 28.9 Å². The molecule has 1 rings (SSSR count). The predicted molar refractivity (Wildman–Crippen MR) is 68.9 cm³/mol. The lowest BCUT2D eigenvalue weighted by molar-refractivity contribution is 0.0907. The molecule has 0 aliphatic rings. The Bertz CT molecular complexity index is 359. The monoisotopic (exact) mass is 256 g/mol. The molecule has 1 unspecified atom stereocenters. The lowest BCUT2D eigenvalue weighted by Crippen LogP contribution is -2.35. The first kappa shape index (κ1) is 15.1. The molecule has 0 aliphatic carbocycles. The summed E-state index contributed by atoms with van der Waals surface area (Å²) >= 11 is 0. The van der Waals surface area contributed by atoms with Crippen molar-refractivity contribution in [3.8, 4) is 0 Å². The van der Waals surface area contributed by atoms with Crippen LogP contribution < -0.4 is 5.73 Å². The zero-order chi connectivity index (χ0) is 13.8. The maximum atomic E-state index is 5.92. The number of ether oxygens (including phenoxy) is 1. The molecule has 1 atom stereocenters. The van der Waals surface area contributed by atoms with Crippen LogP contribution in [0.1, 0.15) is 39.4 Å². The summed E-state index contributed by atoms with van der Waals surface area (Å²) in [6.07, 6.45) is 0. The Morgan fingerprint density at radius 3 is 2.61 bits per heavy atom. The fourth-order valence-electron chi connectivity index (χ4n) is 1.68. The van der Waals surface area contributed by atoms with Crippen molar-refractivity contribution < 1.29 is 9.26 Å². The van der Waals surface area contributed by atoms with Gasteiger partial charge in [-0.05, 0) is 27.3 Å². The first-order chi connectivity index (χ1) is 8.38. The van der Waals surface area contributed by atoms with Gasteiger partial charge in [-0.25, -0.2) is 0 Å². The van der Waals surface area contributed by atoms with Crippen LogP contribution in [0, 0.1) is 0 Å². The maximum Gasteiger partial charge on any atom is 0.240 e. The van der Waals surface area contributed by atoms with Crippen LogP contribution in [-0.4, -0.2) is 41.3 Å². The van der Waals surface area contributed by atoms with Gasteiger partial charge in [-0.2, -0.15) is 4.98 Å². The summed E-state index contributed by atoms with van der Waals surface area (Å²) in [5.41, 5.74) is 5.35. The van der Waals surface area contributed by atoms with E-state index in [0.29, 0.717) is 30.9 Å². The van der Waals surface area contributed by atoms with Gasteiger partial charge >= 0.3 is 0 Å². The molecule has 1 heterocycles. The lowest BCUT2D eigenvalue weighted by atomic mass is 10.1. The number of hydrogen-bond donors (Lipinski definition) is 1. The molecule has 0 fully saturated rings. The Hall–Kier alpha value is -0.980. The molecule has 6 heteroatoms. The molecule has 104 valence electrons. The lowest BCUT2D eigenvalue weighted by Gasteiger charge is -2.25. The van der Waals surface area contributed by atoms with E-state index < -0.39 is 5.54 Å². The third-order valence-electron chi connectivity index (χ3n) is 2.82. The molecule has 0 aromatic carbocycles. The molecule has 0 amide bonds. The van der Waals surface area contributed by atoms with Crippen LogP contribution >= 0.6 is 0 Å². The quantitative estimate of drug-likeness (QED) is 0.787. The average molecular weight is 256 g/mol. The number of hydrogen-bond acceptors (Lipinski definition) is 6. The van der Waals surface area contributed by atoms with Crippen molar-refractivity contribution >= 4 is 0 Å². The standard InChI is InChI=1S/C12H24N4O2/c1-6-16(9(2)8-17-5)7-10-14-11(15-18-10)12(3,4)13/h9H,6-8,13H2,1-5H3. The largest absolute Gasteiger partial charge is 0.383 e. The highest BCUT2D eigenvalue weighted by molar-refractivity contribution is 4.99. The zero-order valence-electron chi connectivity index (χ0n) is 11.9. The van der Waals surface area contributed by atoms with E-state index in [1.54, 1.807) is 7.11 Å². The topological polar surface area (TPSA) is 77.4 Å². The van der Waals surface area contributed by atoms with Crippen molar-refractivity contribution in [3.63, 3.8) is 0 Å². The number of rotatable bonds is 7. The fourth-order valence-corrected chi connectivity index (χ4v) is 1.68. The minimum absolute atomic E-state index is 0.307. The van der Waals surface area contributed by atoms with Crippen molar-refractivity contribution in [1.82, 2.24) is 15.0 Å². The summed E-state index contributed by atoms with van der Waals surface area (Å²) in [5.74, 6) is 1.13. The molecule has 0 aliphatic heterocycles. The van der Waals surface area contributed by atoms with E-state index in [-0.39, 0.29) is 0 Å².